The Hall–Kier alpha value is -3.19. The maximum Gasteiger partial charge on any atom is 0.251 e. The molecule has 0 saturated carbocycles. The zero-order valence-electron chi connectivity index (χ0n) is 19.1. The lowest BCUT2D eigenvalue weighted by molar-refractivity contribution is -0.130. The van der Waals surface area contributed by atoms with Crippen LogP contribution < -0.4 is 11.1 Å². The second-order valence-corrected chi connectivity index (χ2v) is 9.68. The van der Waals surface area contributed by atoms with Crippen LogP contribution in [-0.2, 0) is 16.9 Å². The van der Waals surface area contributed by atoms with Crippen LogP contribution >= 0.6 is 11.3 Å². The minimum Gasteiger partial charge on any atom is -0.369 e. The molecule has 0 spiro atoms. The number of carbonyl (C=O) groups is 2. The number of nitrogens with one attached hydrogen (secondary N) is 1. The first-order valence-electron chi connectivity index (χ1n) is 11.4. The number of fused-ring (bicyclic) bond motifs is 1. The fourth-order valence-corrected chi connectivity index (χ4v) is 4.95. The molecule has 2 amide bonds. The fraction of sp³-hybridized carbons (Fsp3) is 0.346. The molecule has 0 bridgehead atoms. The molecule has 1 atom stereocenters. The van der Waals surface area contributed by atoms with Crippen molar-refractivity contribution in [3.05, 3.63) is 70.6 Å². The number of amides is 2. The lowest BCUT2D eigenvalue weighted by Crippen LogP contribution is -2.49. The molecule has 1 aliphatic rings. The van der Waals surface area contributed by atoms with E-state index < -0.39 is 5.54 Å². The van der Waals surface area contributed by atoms with E-state index in [-0.39, 0.29) is 30.7 Å². The summed E-state index contributed by atoms with van der Waals surface area (Å²) in [5.74, 6) is 0.0226. The van der Waals surface area contributed by atoms with Crippen LogP contribution in [-0.4, -0.2) is 29.2 Å². The predicted octanol–water partition coefficient (Wildman–Crippen LogP) is 4.78. The third kappa shape index (κ3) is 5.09. The summed E-state index contributed by atoms with van der Waals surface area (Å²) in [7, 11) is 0. The van der Waals surface area contributed by atoms with Crippen LogP contribution in [0.2, 0.25) is 0 Å². The van der Waals surface area contributed by atoms with E-state index in [1.54, 1.807) is 17.4 Å². The molecule has 0 fully saturated rings. The van der Waals surface area contributed by atoms with Gasteiger partial charge in [0, 0.05) is 16.8 Å². The molecule has 3 N–H and O–H groups in total. The van der Waals surface area contributed by atoms with Crippen LogP contribution in [0.3, 0.4) is 0 Å². The van der Waals surface area contributed by atoms with E-state index in [0.717, 1.165) is 35.8 Å². The van der Waals surface area contributed by atoms with Crippen LogP contribution in [0.1, 0.15) is 61.0 Å². The average Bonchev–Trinajstić information content (AvgIpc) is 3.27. The van der Waals surface area contributed by atoms with E-state index in [9.17, 15) is 9.59 Å². The lowest BCUT2D eigenvalue weighted by Gasteiger charge is -2.35. The number of aliphatic imine (C=N–C) groups is 1. The second kappa shape index (κ2) is 9.75. The van der Waals surface area contributed by atoms with Gasteiger partial charge in [-0.2, -0.15) is 0 Å². The topological polar surface area (TPSA) is 87.8 Å². The van der Waals surface area contributed by atoms with E-state index in [1.165, 1.54) is 9.60 Å². The van der Waals surface area contributed by atoms with Gasteiger partial charge in [-0.15, -0.1) is 11.3 Å². The van der Waals surface area contributed by atoms with Gasteiger partial charge in [-0.25, -0.2) is 4.99 Å². The van der Waals surface area contributed by atoms with Crippen LogP contribution in [0.5, 0.6) is 0 Å². The number of nitrogens with zero attached hydrogens (tertiary/aromatic N) is 2. The van der Waals surface area contributed by atoms with Gasteiger partial charge in [0.15, 0.2) is 5.96 Å². The number of nitrogens with two attached hydrogens (primary N) is 1. The number of benzene rings is 2. The molecule has 1 aliphatic heterocycles. The van der Waals surface area contributed by atoms with Crippen molar-refractivity contribution in [2.75, 3.05) is 6.54 Å². The number of rotatable bonds is 8. The second-order valence-electron chi connectivity index (χ2n) is 8.74. The summed E-state index contributed by atoms with van der Waals surface area (Å²) in [4.78, 5) is 31.8. The van der Waals surface area contributed by atoms with Gasteiger partial charge >= 0.3 is 0 Å². The zero-order chi connectivity index (χ0) is 23.4. The number of unbranched alkanes of at least 4 members (excludes halogenated alkanes) is 2. The minimum absolute atomic E-state index is 0.0789. The SMILES string of the molecule is CCCCCNC(=O)c1cccc(CN2C(=O)C[C@@](C)(c3ccc4sccc4c3)N=C2N)c1. The Bertz CT molecular complexity index is 1200. The highest BCUT2D eigenvalue weighted by Gasteiger charge is 2.37. The first kappa shape index (κ1) is 23.0. The number of guanidine groups is 1. The maximum atomic E-state index is 13.1. The summed E-state index contributed by atoms with van der Waals surface area (Å²) >= 11 is 1.69. The van der Waals surface area contributed by atoms with Crippen molar-refractivity contribution in [3.63, 3.8) is 0 Å². The largest absolute Gasteiger partial charge is 0.369 e. The first-order chi connectivity index (χ1) is 15.9. The fourth-order valence-electron chi connectivity index (χ4n) is 4.18. The zero-order valence-corrected chi connectivity index (χ0v) is 20.0. The first-order valence-corrected chi connectivity index (χ1v) is 12.3. The van der Waals surface area contributed by atoms with Crippen LogP contribution in [0.25, 0.3) is 10.1 Å². The molecule has 0 unspecified atom stereocenters. The Morgan fingerprint density at radius 1 is 1.21 bits per heavy atom. The normalized spacial score (nSPS) is 18.4. The van der Waals surface area contributed by atoms with Gasteiger partial charge in [-0.1, -0.05) is 38.0 Å². The van der Waals surface area contributed by atoms with E-state index >= 15 is 0 Å². The van der Waals surface area contributed by atoms with Crippen molar-refractivity contribution in [1.29, 1.82) is 0 Å². The molecule has 33 heavy (non-hydrogen) atoms. The van der Waals surface area contributed by atoms with Crippen LogP contribution in [0, 0.1) is 0 Å². The molecule has 0 saturated heterocycles. The quantitative estimate of drug-likeness (QED) is 0.472. The molecule has 172 valence electrons. The number of carbonyl (C=O) groups excluding carboxylic acids is 2. The van der Waals surface area contributed by atoms with Crippen molar-refractivity contribution in [1.82, 2.24) is 10.2 Å². The van der Waals surface area contributed by atoms with Crippen molar-refractivity contribution in [2.45, 2.75) is 51.6 Å². The summed E-state index contributed by atoms with van der Waals surface area (Å²) in [5, 5.41) is 6.16. The maximum absolute atomic E-state index is 13.1. The molecule has 4 rings (SSSR count). The highest BCUT2D eigenvalue weighted by Crippen LogP contribution is 2.36. The Balaban J connectivity index is 1.49. The molecule has 6 nitrogen and oxygen atoms in total. The van der Waals surface area contributed by atoms with Gasteiger partial charge < -0.3 is 11.1 Å². The lowest BCUT2D eigenvalue weighted by atomic mass is 9.87. The van der Waals surface area contributed by atoms with Gasteiger partial charge in [0.25, 0.3) is 5.91 Å². The van der Waals surface area contributed by atoms with Crippen molar-refractivity contribution in [2.24, 2.45) is 10.7 Å². The standard InChI is InChI=1S/C26H30N4O2S/c1-3-4-5-12-28-24(32)20-8-6-7-18(14-20)17-30-23(31)16-26(2,29-25(30)27)21-9-10-22-19(15-21)11-13-33-22/h6-11,13-15H,3-5,12,16-17H2,1-2H3,(H2,27,29)(H,28,32)/t26-/m0/s1. The Morgan fingerprint density at radius 2 is 2.06 bits per heavy atom. The monoisotopic (exact) mass is 462 g/mol. The third-order valence-corrected chi connectivity index (χ3v) is 7.00. The van der Waals surface area contributed by atoms with Crippen molar-refractivity contribution >= 4 is 39.2 Å². The van der Waals surface area contributed by atoms with Crippen LogP contribution in [0.15, 0.2) is 58.9 Å². The predicted molar refractivity (Wildman–Crippen MR) is 134 cm³/mol. The summed E-state index contributed by atoms with van der Waals surface area (Å²) < 4.78 is 1.21. The number of thiophene rings is 1. The highest BCUT2D eigenvalue weighted by molar-refractivity contribution is 7.17. The van der Waals surface area contributed by atoms with Gasteiger partial charge in [-0.3, -0.25) is 14.5 Å². The van der Waals surface area contributed by atoms with Gasteiger partial charge in [0.1, 0.15) is 0 Å². The van der Waals surface area contributed by atoms with E-state index in [0.29, 0.717) is 12.1 Å². The van der Waals surface area contributed by atoms with Gasteiger partial charge in [0.2, 0.25) is 5.91 Å². The number of hydrogen-bond acceptors (Lipinski definition) is 5. The molecule has 3 aromatic rings. The smallest absolute Gasteiger partial charge is 0.251 e. The highest BCUT2D eigenvalue weighted by atomic mass is 32.1. The van der Waals surface area contributed by atoms with Crippen molar-refractivity contribution < 1.29 is 9.59 Å². The third-order valence-electron chi connectivity index (χ3n) is 6.10. The average molecular weight is 463 g/mol. The van der Waals surface area contributed by atoms with E-state index in [4.69, 9.17) is 10.7 Å². The molecule has 0 aliphatic carbocycles. The summed E-state index contributed by atoms with van der Waals surface area (Å²) in [5.41, 5.74) is 7.99. The number of hydrogen-bond donors (Lipinski definition) is 2. The summed E-state index contributed by atoms with van der Waals surface area (Å²) in [6.07, 6.45) is 3.41. The minimum atomic E-state index is -0.700. The Morgan fingerprint density at radius 3 is 2.85 bits per heavy atom. The summed E-state index contributed by atoms with van der Waals surface area (Å²) in [6.45, 7) is 5.03. The van der Waals surface area contributed by atoms with Gasteiger partial charge in [0.05, 0.1) is 18.5 Å². The van der Waals surface area contributed by atoms with Crippen molar-refractivity contribution in [3.8, 4) is 0 Å². The van der Waals surface area contributed by atoms with E-state index in [1.807, 2.05) is 31.2 Å². The molecule has 7 heteroatoms. The van der Waals surface area contributed by atoms with Crippen LogP contribution in [0.4, 0.5) is 0 Å². The molecule has 2 heterocycles. The molecule has 2 aromatic carbocycles. The van der Waals surface area contributed by atoms with Gasteiger partial charge in [-0.05, 0) is 65.6 Å². The molecule has 0 radical (unpaired) electrons. The Labute approximate surface area is 198 Å². The Kier molecular flexibility index (Phi) is 6.79. The summed E-state index contributed by atoms with van der Waals surface area (Å²) in [6, 6.07) is 15.6. The molecule has 1 aromatic heterocycles. The molecular weight excluding hydrogens is 432 g/mol. The molecular formula is C26H30N4O2S. The van der Waals surface area contributed by atoms with E-state index in [2.05, 4.69) is 35.8 Å².